The van der Waals surface area contributed by atoms with Crippen LogP contribution in [0.2, 0.25) is 0 Å². The molecule has 0 aromatic heterocycles. The molecule has 0 N–H and O–H groups in total. The summed E-state index contributed by atoms with van der Waals surface area (Å²) in [5.41, 5.74) is 1.22. The molecule has 0 radical (unpaired) electrons. The van der Waals surface area contributed by atoms with Gasteiger partial charge in [0.2, 0.25) is 0 Å². The van der Waals surface area contributed by atoms with Crippen molar-refractivity contribution in [2.45, 2.75) is 6.92 Å². The topological polar surface area (TPSA) is 63.4 Å². The lowest BCUT2D eigenvalue weighted by atomic mass is 10.1. The lowest BCUT2D eigenvalue weighted by Crippen LogP contribution is -2.33. The zero-order valence-electron chi connectivity index (χ0n) is 10.1. The van der Waals surface area contributed by atoms with E-state index in [9.17, 15) is 14.9 Å². The van der Waals surface area contributed by atoms with Gasteiger partial charge in [0.05, 0.1) is 4.92 Å². The summed E-state index contributed by atoms with van der Waals surface area (Å²) in [7, 11) is 0. The smallest absolute Gasteiger partial charge is 0.270 e. The molecule has 6 heteroatoms. The van der Waals surface area contributed by atoms with Crippen LogP contribution < -0.4 is 4.90 Å². The number of anilines is 1. The zero-order chi connectivity index (χ0) is 13.1. The van der Waals surface area contributed by atoms with Crippen molar-refractivity contribution >= 4 is 28.9 Å². The Morgan fingerprint density at radius 1 is 1.39 bits per heavy atom. The molecule has 18 heavy (non-hydrogen) atoms. The van der Waals surface area contributed by atoms with Crippen molar-refractivity contribution < 1.29 is 9.72 Å². The van der Waals surface area contributed by atoms with Gasteiger partial charge in [0.1, 0.15) is 0 Å². The third-order valence-corrected chi connectivity index (χ3v) is 3.86. The summed E-state index contributed by atoms with van der Waals surface area (Å²) in [6, 6.07) is 4.52. The Morgan fingerprint density at radius 3 is 2.61 bits per heavy atom. The van der Waals surface area contributed by atoms with Gasteiger partial charge in [-0.3, -0.25) is 14.9 Å². The van der Waals surface area contributed by atoms with E-state index >= 15 is 0 Å². The molecule has 1 aliphatic rings. The second-order valence-electron chi connectivity index (χ2n) is 4.11. The lowest BCUT2D eigenvalue weighted by Gasteiger charge is -2.29. The van der Waals surface area contributed by atoms with Crippen molar-refractivity contribution in [2.24, 2.45) is 0 Å². The minimum absolute atomic E-state index is 0.0321. The van der Waals surface area contributed by atoms with Crippen LogP contribution in [0, 0.1) is 10.1 Å². The van der Waals surface area contributed by atoms with Gasteiger partial charge in [-0.2, -0.15) is 11.8 Å². The van der Waals surface area contributed by atoms with Gasteiger partial charge in [0.15, 0.2) is 5.78 Å². The van der Waals surface area contributed by atoms with Gasteiger partial charge < -0.3 is 4.90 Å². The molecule has 96 valence electrons. The normalized spacial score (nSPS) is 15.5. The Balaban J connectivity index is 2.39. The van der Waals surface area contributed by atoms with Gasteiger partial charge in [0, 0.05) is 48.0 Å². The highest BCUT2D eigenvalue weighted by Crippen LogP contribution is 2.27. The van der Waals surface area contributed by atoms with Crippen LogP contribution in [0.3, 0.4) is 0 Å². The summed E-state index contributed by atoms with van der Waals surface area (Å²) in [4.78, 5) is 24.0. The van der Waals surface area contributed by atoms with E-state index in [4.69, 9.17) is 0 Å². The number of Topliss-reactive ketones (excluding diaryl/α,β-unsaturated/α-hetero) is 1. The number of ketones is 1. The fourth-order valence-corrected chi connectivity index (χ4v) is 2.90. The van der Waals surface area contributed by atoms with E-state index in [2.05, 4.69) is 4.90 Å². The van der Waals surface area contributed by atoms with Crippen LogP contribution in [0.4, 0.5) is 11.4 Å². The molecule has 0 bridgehead atoms. The summed E-state index contributed by atoms with van der Waals surface area (Å²) in [5, 5.41) is 10.7. The molecule has 1 aromatic carbocycles. The van der Waals surface area contributed by atoms with Gasteiger partial charge in [-0.1, -0.05) is 0 Å². The second kappa shape index (κ2) is 5.39. The SMILES string of the molecule is CC(=O)c1cc([N+](=O)[O-])ccc1N1CCSCC1. The van der Waals surface area contributed by atoms with E-state index in [-0.39, 0.29) is 11.5 Å². The molecule has 1 saturated heterocycles. The lowest BCUT2D eigenvalue weighted by molar-refractivity contribution is -0.384. The third-order valence-electron chi connectivity index (χ3n) is 2.92. The highest BCUT2D eigenvalue weighted by atomic mass is 32.2. The predicted molar refractivity (Wildman–Crippen MR) is 72.6 cm³/mol. The molecule has 0 saturated carbocycles. The van der Waals surface area contributed by atoms with Crippen LogP contribution in [0.25, 0.3) is 0 Å². The number of hydrogen-bond donors (Lipinski definition) is 0. The van der Waals surface area contributed by atoms with Gasteiger partial charge in [0.25, 0.3) is 5.69 Å². The molecule has 0 unspecified atom stereocenters. The standard InChI is InChI=1S/C12H14N2O3S/c1-9(15)11-8-10(14(16)17)2-3-12(11)13-4-6-18-7-5-13/h2-3,8H,4-7H2,1H3. The highest BCUT2D eigenvalue weighted by Gasteiger charge is 2.19. The molecule has 1 heterocycles. The Morgan fingerprint density at radius 2 is 2.06 bits per heavy atom. The first kappa shape index (κ1) is 12.9. The van der Waals surface area contributed by atoms with Gasteiger partial charge in [-0.15, -0.1) is 0 Å². The van der Waals surface area contributed by atoms with Crippen LogP contribution in [0.1, 0.15) is 17.3 Å². The largest absolute Gasteiger partial charge is 0.369 e. The molecule has 0 atom stereocenters. The van der Waals surface area contributed by atoms with Crippen molar-refractivity contribution in [1.29, 1.82) is 0 Å². The Kier molecular flexibility index (Phi) is 3.86. The summed E-state index contributed by atoms with van der Waals surface area (Å²) in [6.45, 7) is 3.20. The fourth-order valence-electron chi connectivity index (χ4n) is 2.00. The monoisotopic (exact) mass is 266 g/mol. The molecule has 5 nitrogen and oxygen atoms in total. The second-order valence-corrected chi connectivity index (χ2v) is 5.34. The van der Waals surface area contributed by atoms with Crippen LogP contribution in [0.15, 0.2) is 18.2 Å². The number of thioether (sulfide) groups is 1. The van der Waals surface area contributed by atoms with E-state index in [1.54, 1.807) is 6.07 Å². The molecule has 1 aromatic rings. The minimum atomic E-state index is -0.470. The number of hydrogen-bond acceptors (Lipinski definition) is 5. The van der Waals surface area contributed by atoms with E-state index in [0.717, 1.165) is 30.3 Å². The molecule has 2 rings (SSSR count). The van der Waals surface area contributed by atoms with E-state index in [1.807, 2.05) is 11.8 Å². The minimum Gasteiger partial charge on any atom is -0.369 e. The number of carbonyl (C=O) groups excluding carboxylic acids is 1. The summed E-state index contributed by atoms with van der Waals surface area (Å²) >= 11 is 1.88. The Labute approximate surface area is 109 Å². The fraction of sp³-hybridized carbons (Fsp3) is 0.417. The average Bonchev–Trinajstić information content (AvgIpc) is 2.39. The number of non-ortho nitro benzene ring substituents is 1. The number of benzene rings is 1. The maximum absolute atomic E-state index is 11.6. The molecular weight excluding hydrogens is 252 g/mol. The summed E-state index contributed by atoms with van der Waals surface area (Å²) in [6.07, 6.45) is 0. The zero-order valence-corrected chi connectivity index (χ0v) is 10.9. The van der Waals surface area contributed by atoms with Crippen molar-refractivity contribution in [2.75, 3.05) is 29.5 Å². The Hall–Kier alpha value is -1.56. The van der Waals surface area contributed by atoms with Gasteiger partial charge in [-0.05, 0) is 13.0 Å². The number of nitro groups is 1. The van der Waals surface area contributed by atoms with Crippen LogP contribution in [-0.2, 0) is 0 Å². The number of nitrogens with zero attached hydrogens (tertiary/aromatic N) is 2. The average molecular weight is 266 g/mol. The maximum atomic E-state index is 11.6. The first-order chi connectivity index (χ1) is 8.59. The first-order valence-electron chi connectivity index (χ1n) is 5.71. The summed E-state index contributed by atoms with van der Waals surface area (Å²) < 4.78 is 0. The maximum Gasteiger partial charge on any atom is 0.270 e. The van der Waals surface area contributed by atoms with E-state index < -0.39 is 4.92 Å². The predicted octanol–water partition coefficient (Wildman–Crippen LogP) is 2.35. The van der Waals surface area contributed by atoms with Crippen molar-refractivity contribution in [1.82, 2.24) is 0 Å². The van der Waals surface area contributed by atoms with Crippen LogP contribution in [-0.4, -0.2) is 35.3 Å². The van der Waals surface area contributed by atoms with Crippen molar-refractivity contribution in [3.05, 3.63) is 33.9 Å². The number of carbonyl (C=O) groups is 1. The molecule has 0 aliphatic carbocycles. The number of rotatable bonds is 3. The summed E-state index contributed by atoms with van der Waals surface area (Å²) in [5.74, 6) is 1.91. The first-order valence-corrected chi connectivity index (χ1v) is 6.87. The van der Waals surface area contributed by atoms with E-state index in [1.165, 1.54) is 19.1 Å². The molecule has 1 fully saturated rings. The molecule has 0 amide bonds. The quantitative estimate of drug-likeness (QED) is 0.477. The molecule has 1 aliphatic heterocycles. The van der Waals surface area contributed by atoms with E-state index in [0.29, 0.717) is 5.56 Å². The van der Waals surface area contributed by atoms with Crippen LogP contribution in [0.5, 0.6) is 0 Å². The Bertz CT molecular complexity index is 484. The molecule has 0 spiro atoms. The van der Waals surface area contributed by atoms with Gasteiger partial charge >= 0.3 is 0 Å². The third kappa shape index (κ3) is 2.64. The van der Waals surface area contributed by atoms with Crippen molar-refractivity contribution in [3.8, 4) is 0 Å². The molecular formula is C12H14N2O3S. The number of nitro benzene ring substituents is 1. The van der Waals surface area contributed by atoms with Crippen molar-refractivity contribution in [3.63, 3.8) is 0 Å². The highest BCUT2D eigenvalue weighted by molar-refractivity contribution is 7.99. The van der Waals surface area contributed by atoms with Crippen LogP contribution >= 0.6 is 11.8 Å². The van der Waals surface area contributed by atoms with Gasteiger partial charge in [-0.25, -0.2) is 0 Å².